The van der Waals surface area contributed by atoms with Gasteiger partial charge >= 0.3 is 0 Å². The summed E-state index contributed by atoms with van der Waals surface area (Å²) in [5.41, 5.74) is 7.18. The molecule has 384 valence electrons. The normalized spacial score (nSPS) is 26.3. The second-order valence-corrected chi connectivity index (χ2v) is 18.9. The zero-order valence-corrected chi connectivity index (χ0v) is 40.7. The smallest absolute Gasteiger partial charge is 0.248 e. The number of para-hydroxylation sites is 1. The molecule has 3 fully saturated rings. The zero-order chi connectivity index (χ0) is 51.1. The standard InChI is InChI=1S/C48H71N11O11/c1-28-39(61)20-7-5-6-16-34(54-47(69)38-19-13-22-58(38)41(63)27-60)45(67)56-36(48(70)59-23-12-18-37(59)42(49)64)25-40(62)51-29(2)43(65)53-33(17-10-11-21-57(3)4)44(66)55-35(46(68)52-28)24-30-26-50-32-15-9-8-14-31(30)32/h8-9,14-15,26,28-29,33-38,50,60H,5-7,10-13,16-25,27H2,1-4H3,(H2,49,64)(H,51,62)(H,52,68)(H,53,65)(H,54,69)(H,55,66)(H,56,67)/t28-,29-,33-,34-,35-,36-,37-,38-/m0/s1. The number of aliphatic hydroxyl groups excluding tert-OH is 1. The van der Waals surface area contributed by atoms with E-state index in [-0.39, 0.29) is 63.8 Å². The van der Waals surface area contributed by atoms with Gasteiger partial charge in [0.25, 0.3) is 0 Å². The van der Waals surface area contributed by atoms with Crippen LogP contribution in [-0.4, -0.2) is 172 Å². The van der Waals surface area contributed by atoms with Crippen molar-refractivity contribution >= 4 is 69.9 Å². The van der Waals surface area contributed by atoms with Crippen molar-refractivity contribution in [3.8, 4) is 0 Å². The molecule has 2 aromatic rings. The summed E-state index contributed by atoms with van der Waals surface area (Å²) < 4.78 is 0. The van der Waals surface area contributed by atoms with Crippen LogP contribution in [-0.2, 0) is 54.4 Å². The number of H-pyrrole nitrogens is 1. The Bertz CT molecular complexity index is 2230. The molecule has 0 bridgehead atoms. The van der Waals surface area contributed by atoms with E-state index in [0.29, 0.717) is 45.1 Å². The van der Waals surface area contributed by atoms with Crippen LogP contribution in [0, 0.1) is 0 Å². The number of aromatic amines is 1. The number of nitrogens with two attached hydrogens (primary N) is 1. The molecular formula is C48H71N11O11. The molecule has 0 spiro atoms. The highest BCUT2D eigenvalue weighted by Gasteiger charge is 2.40. The topological polar surface area (TPSA) is 315 Å². The lowest BCUT2D eigenvalue weighted by Crippen LogP contribution is -2.59. The quantitative estimate of drug-likeness (QED) is 0.113. The molecule has 0 aliphatic carbocycles. The van der Waals surface area contributed by atoms with E-state index < -0.39 is 115 Å². The van der Waals surface area contributed by atoms with Gasteiger partial charge in [-0.2, -0.15) is 0 Å². The number of amides is 9. The van der Waals surface area contributed by atoms with Crippen molar-refractivity contribution in [3.05, 3.63) is 36.0 Å². The Morgan fingerprint density at radius 2 is 1.44 bits per heavy atom. The lowest BCUT2D eigenvalue weighted by Gasteiger charge is -2.30. The molecule has 22 nitrogen and oxygen atoms in total. The molecule has 0 saturated carbocycles. The first-order chi connectivity index (χ1) is 33.4. The van der Waals surface area contributed by atoms with E-state index in [1.54, 1.807) is 13.1 Å². The number of aliphatic hydroxyl groups is 1. The second-order valence-electron chi connectivity index (χ2n) is 18.9. The van der Waals surface area contributed by atoms with Gasteiger partial charge in [0.05, 0.1) is 12.5 Å². The lowest BCUT2D eigenvalue weighted by molar-refractivity contribution is -0.143. The van der Waals surface area contributed by atoms with Crippen LogP contribution in [0.25, 0.3) is 10.9 Å². The minimum absolute atomic E-state index is 0.00217. The highest BCUT2D eigenvalue weighted by atomic mass is 16.3. The fourth-order valence-electron chi connectivity index (χ4n) is 9.30. The first kappa shape index (κ1) is 54.5. The van der Waals surface area contributed by atoms with Gasteiger partial charge < -0.3 is 62.4 Å². The number of Topliss-reactive ketones (excluding diaryl/α,β-unsaturated/α-hetero) is 1. The van der Waals surface area contributed by atoms with E-state index in [9.17, 15) is 53.1 Å². The van der Waals surface area contributed by atoms with Crippen molar-refractivity contribution in [2.24, 2.45) is 5.73 Å². The van der Waals surface area contributed by atoms with E-state index in [2.05, 4.69) is 36.9 Å². The Balaban J connectivity index is 1.45. The number of carbonyl (C=O) groups excluding carboxylic acids is 10. The van der Waals surface area contributed by atoms with Crippen LogP contribution in [0.3, 0.4) is 0 Å². The molecule has 1 aromatic carbocycles. The second kappa shape index (κ2) is 26.0. The van der Waals surface area contributed by atoms with Crippen LogP contribution in [0.15, 0.2) is 30.5 Å². The van der Waals surface area contributed by atoms with Crippen molar-refractivity contribution in [3.63, 3.8) is 0 Å². The SMILES string of the molecule is C[C@@H]1NC(=O)[C@H](Cc2c[nH]c3ccccc23)NC(=O)[C@H](CCCCN(C)C)NC(=O)[C@H](C)NC(=O)C[C@@H](C(=O)N2CCC[C@H]2C(N)=O)NC(=O)[C@@H](NC(=O)[C@@H]2CCCN2C(=O)CO)CCCCCC1=O. The van der Waals surface area contributed by atoms with Gasteiger partial charge in [-0.1, -0.05) is 31.0 Å². The van der Waals surface area contributed by atoms with Crippen molar-refractivity contribution in [1.82, 2.24) is 51.6 Å². The van der Waals surface area contributed by atoms with Crippen molar-refractivity contribution in [2.45, 2.75) is 152 Å². The van der Waals surface area contributed by atoms with Gasteiger partial charge in [-0.25, -0.2) is 0 Å². The fraction of sp³-hybridized carbons (Fsp3) is 0.625. The first-order valence-electron chi connectivity index (χ1n) is 24.4. The third kappa shape index (κ3) is 15.0. The number of primary amides is 1. The number of rotatable bonds is 12. The average Bonchev–Trinajstić information content (AvgIpc) is 4.12. The molecule has 4 heterocycles. The highest BCUT2D eigenvalue weighted by Crippen LogP contribution is 2.22. The Kier molecular flexibility index (Phi) is 20.2. The largest absolute Gasteiger partial charge is 0.387 e. The lowest BCUT2D eigenvalue weighted by atomic mass is 10.0. The molecule has 1 aromatic heterocycles. The Morgan fingerprint density at radius 1 is 0.757 bits per heavy atom. The van der Waals surface area contributed by atoms with Gasteiger partial charge in [0, 0.05) is 43.0 Å². The van der Waals surface area contributed by atoms with Gasteiger partial charge in [-0.3, -0.25) is 47.9 Å². The Hall–Kier alpha value is -6.42. The van der Waals surface area contributed by atoms with E-state index >= 15 is 0 Å². The van der Waals surface area contributed by atoms with E-state index in [1.807, 2.05) is 43.3 Å². The van der Waals surface area contributed by atoms with Gasteiger partial charge in [0.15, 0.2) is 5.78 Å². The van der Waals surface area contributed by atoms with Crippen molar-refractivity contribution in [1.29, 1.82) is 0 Å². The molecule has 10 N–H and O–H groups in total. The predicted octanol–water partition coefficient (Wildman–Crippen LogP) is -1.23. The maximum Gasteiger partial charge on any atom is 0.248 e. The monoisotopic (exact) mass is 978 g/mol. The summed E-state index contributed by atoms with van der Waals surface area (Å²) in [4.78, 5) is 144. The van der Waals surface area contributed by atoms with Crippen LogP contribution in [0.2, 0.25) is 0 Å². The third-order valence-electron chi connectivity index (χ3n) is 13.3. The van der Waals surface area contributed by atoms with Crippen LogP contribution >= 0.6 is 0 Å². The van der Waals surface area contributed by atoms with Crippen LogP contribution < -0.4 is 37.6 Å². The first-order valence-corrected chi connectivity index (χ1v) is 24.4. The summed E-state index contributed by atoms with van der Waals surface area (Å²) in [6.45, 7) is 3.12. The number of nitrogens with one attached hydrogen (secondary N) is 7. The Labute approximate surface area is 407 Å². The third-order valence-corrected chi connectivity index (χ3v) is 13.3. The number of unbranched alkanes of at least 4 members (excludes halogenated alkanes) is 1. The molecule has 3 saturated heterocycles. The molecule has 8 atom stereocenters. The number of carbonyl (C=O) groups is 10. The van der Waals surface area contributed by atoms with Crippen LogP contribution in [0.5, 0.6) is 0 Å². The number of aromatic nitrogens is 1. The van der Waals surface area contributed by atoms with Gasteiger partial charge in [-0.15, -0.1) is 0 Å². The van der Waals surface area contributed by atoms with Crippen LogP contribution in [0.4, 0.5) is 0 Å². The van der Waals surface area contributed by atoms with Crippen molar-refractivity contribution in [2.75, 3.05) is 40.3 Å². The van der Waals surface area contributed by atoms with Gasteiger partial charge in [0.2, 0.25) is 53.2 Å². The number of hydrogen-bond acceptors (Lipinski definition) is 12. The summed E-state index contributed by atoms with van der Waals surface area (Å²) in [5.74, 6) is -6.94. The average molecular weight is 978 g/mol. The molecule has 22 heteroatoms. The summed E-state index contributed by atoms with van der Waals surface area (Å²) in [5, 5.41) is 26.6. The maximum absolute atomic E-state index is 14.3. The van der Waals surface area contributed by atoms with Gasteiger partial charge in [-0.05, 0) is 104 Å². The number of nitrogens with zero attached hydrogens (tertiary/aromatic N) is 3. The molecule has 0 unspecified atom stereocenters. The summed E-state index contributed by atoms with van der Waals surface area (Å²) in [7, 11) is 3.81. The van der Waals surface area contributed by atoms with Gasteiger partial charge in [0.1, 0.15) is 48.9 Å². The molecule has 0 radical (unpaired) electrons. The molecule has 9 amide bonds. The number of ketones is 1. The van der Waals surface area contributed by atoms with E-state index in [1.165, 1.54) is 16.7 Å². The molecular weight excluding hydrogens is 907 g/mol. The maximum atomic E-state index is 14.3. The number of likely N-dealkylation sites (tertiary alicyclic amines) is 2. The predicted molar refractivity (Wildman–Crippen MR) is 256 cm³/mol. The minimum Gasteiger partial charge on any atom is -0.387 e. The Morgan fingerprint density at radius 3 is 2.16 bits per heavy atom. The number of hydrogen-bond donors (Lipinski definition) is 9. The molecule has 70 heavy (non-hydrogen) atoms. The summed E-state index contributed by atoms with van der Waals surface area (Å²) >= 11 is 0. The van der Waals surface area contributed by atoms with E-state index in [4.69, 9.17) is 5.73 Å². The molecule has 5 rings (SSSR count). The molecule has 3 aliphatic heterocycles. The number of fused-ring (bicyclic) bond motifs is 1. The zero-order valence-electron chi connectivity index (χ0n) is 40.7. The highest BCUT2D eigenvalue weighted by molar-refractivity contribution is 5.99. The fourth-order valence-corrected chi connectivity index (χ4v) is 9.30. The minimum atomic E-state index is -1.60. The number of benzene rings is 1. The summed E-state index contributed by atoms with van der Waals surface area (Å²) in [6.07, 6.45) is 4.86. The summed E-state index contributed by atoms with van der Waals surface area (Å²) in [6, 6.07) is -2.05. The molecule has 3 aliphatic rings. The van der Waals surface area contributed by atoms with Crippen LogP contribution in [0.1, 0.15) is 103 Å². The van der Waals surface area contributed by atoms with E-state index in [0.717, 1.165) is 16.5 Å². The van der Waals surface area contributed by atoms with Crippen molar-refractivity contribution < 1.29 is 53.1 Å².